The van der Waals surface area contributed by atoms with Crippen molar-refractivity contribution in [1.82, 2.24) is 0 Å². The fraction of sp³-hybridized carbons (Fsp3) is 0.235. The maximum Gasteiger partial charge on any atom is 0.161 e. The van der Waals surface area contributed by atoms with Gasteiger partial charge in [0, 0.05) is 17.0 Å². The van der Waals surface area contributed by atoms with Crippen LogP contribution in [0.2, 0.25) is 5.02 Å². The number of halogens is 1. The molecule has 0 heterocycles. The highest BCUT2D eigenvalue weighted by Crippen LogP contribution is 2.27. The molecular formula is C17H17ClO4. The molecule has 0 spiro atoms. The lowest BCUT2D eigenvalue weighted by molar-refractivity contribution is 0.112. The van der Waals surface area contributed by atoms with Crippen LogP contribution in [0.4, 0.5) is 0 Å². The Kier molecular flexibility index (Phi) is 6.10. The van der Waals surface area contributed by atoms with E-state index in [1.165, 1.54) is 0 Å². The first-order valence-corrected chi connectivity index (χ1v) is 7.25. The SMILES string of the molecule is COc1cc(C=O)ccc1OCCCOc1ccc(Cl)cc1. The van der Waals surface area contributed by atoms with E-state index in [1.54, 1.807) is 37.4 Å². The Hall–Kier alpha value is -2.20. The van der Waals surface area contributed by atoms with E-state index in [2.05, 4.69) is 0 Å². The second kappa shape index (κ2) is 8.29. The van der Waals surface area contributed by atoms with E-state index in [0.717, 1.165) is 18.5 Å². The van der Waals surface area contributed by atoms with Crippen molar-refractivity contribution in [2.24, 2.45) is 0 Å². The zero-order chi connectivity index (χ0) is 15.8. The third kappa shape index (κ3) is 4.67. The number of carbonyl (C=O) groups is 1. The lowest BCUT2D eigenvalue weighted by Gasteiger charge is -2.11. The molecule has 0 aliphatic rings. The van der Waals surface area contributed by atoms with Gasteiger partial charge in [0.25, 0.3) is 0 Å². The molecule has 0 aliphatic carbocycles. The molecule has 0 N–H and O–H groups in total. The number of hydrogen-bond acceptors (Lipinski definition) is 4. The van der Waals surface area contributed by atoms with E-state index in [1.807, 2.05) is 12.1 Å². The summed E-state index contributed by atoms with van der Waals surface area (Å²) in [6.07, 6.45) is 1.49. The molecule has 0 fully saturated rings. The summed E-state index contributed by atoms with van der Waals surface area (Å²) in [6, 6.07) is 12.3. The lowest BCUT2D eigenvalue weighted by atomic mass is 10.2. The monoisotopic (exact) mass is 320 g/mol. The Labute approximate surface area is 134 Å². The smallest absolute Gasteiger partial charge is 0.161 e. The molecule has 2 rings (SSSR count). The normalized spacial score (nSPS) is 10.1. The quantitative estimate of drug-likeness (QED) is 0.544. The molecule has 0 saturated carbocycles. The number of aldehydes is 1. The van der Waals surface area contributed by atoms with E-state index >= 15 is 0 Å². The largest absolute Gasteiger partial charge is 0.493 e. The molecule has 0 radical (unpaired) electrons. The van der Waals surface area contributed by atoms with Crippen LogP contribution in [0.5, 0.6) is 17.2 Å². The third-order valence-corrected chi connectivity index (χ3v) is 3.20. The van der Waals surface area contributed by atoms with Gasteiger partial charge in [0.05, 0.1) is 20.3 Å². The number of methoxy groups -OCH3 is 1. The molecule has 4 nitrogen and oxygen atoms in total. The van der Waals surface area contributed by atoms with Crippen molar-refractivity contribution in [2.75, 3.05) is 20.3 Å². The van der Waals surface area contributed by atoms with Gasteiger partial charge in [-0.1, -0.05) is 11.6 Å². The van der Waals surface area contributed by atoms with Crippen LogP contribution in [0.3, 0.4) is 0 Å². The van der Waals surface area contributed by atoms with Crippen molar-refractivity contribution in [1.29, 1.82) is 0 Å². The maximum atomic E-state index is 10.7. The molecule has 0 atom stereocenters. The number of ether oxygens (including phenoxy) is 3. The second-order valence-corrected chi connectivity index (χ2v) is 4.97. The summed E-state index contributed by atoms with van der Waals surface area (Å²) < 4.78 is 16.4. The number of rotatable bonds is 8. The number of hydrogen-bond donors (Lipinski definition) is 0. The van der Waals surface area contributed by atoms with Crippen molar-refractivity contribution in [3.8, 4) is 17.2 Å². The van der Waals surface area contributed by atoms with Crippen molar-refractivity contribution >= 4 is 17.9 Å². The van der Waals surface area contributed by atoms with Crippen LogP contribution in [0.25, 0.3) is 0 Å². The Morgan fingerprint density at radius 1 is 1.00 bits per heavy atom. The van der Waals surface area contributed by atoms with E-state index in [9.17, 15) is 4.79 Å². The van der Waals surface area contributed by atoms with Crippen LogP contribution < -0.4 is 14.2 Å². The summed E-state index contributed by atoms with van der Waals surface area (Å²) in [4.78, 5) is 10.7. The Balaban J connectivity index is 1.76. The van der Waals surface area contributed by atoms with Crippen LogP contribution in [0.15, 0.2) is 42.5 Å². The second-order valence-electron chi connectivity index (χ2n) is 4.53. The summed E-state index contributed by atoms with van der Waals surface area (Å²) in [5, 5.41) is 0.682. The average Bonchev–Trinajstić information content (AvgIpc) is 2.56. The first-order chi connectivity index (χ1) is 10.7. The van der Waals surface area contributed by atoms with Crippen LogP contribution in [0.1, 0.15) is 16.8 Å². The first-order valence-electron chi connectivity index (χ1n) is 6.87. The zero-order valence-corrected chi connectivity index (χ0v) is 13.0. The summed E-state index contributed by atoms with van der Waals surface area (Å²) in [6.45, 7) is 1.03. The van der Waals surface area contributed by atoms with E-state index in [4.69, 9.17) is 25.8 Å². The van der Waals surface area contributed by atoms with Crippen molar-refractivity contribution in [2.45, 2.75) is 6.42 Å². The van der Waals surface area contributed by atoms with Gasteiger partial charge < -0.3 is 14.2 Å². The highest BCUT2D eigenvalue weighted by molar-refractivity contribution is 6.30. The summed E-state index contributed by atoms with van der Waals surface area (Å²) in [5.74, 6) is 1.93. The Morgan fingerprint density at radius 2 is 1.73 bits per heavy atom. The van der Waals surface area contributed by atoms with Crippen molar-refractivity contribution in [3.63, 3.8) is 0 Å². The van der Waals surface area contributed by atoms with Crippen LogP contribution >= 0.6 is 11.6 Å². The molecule has 0 unspecified atom stereocenters. The fourth-order valence-electron chi connectivity index (χ4n) is 1.84. The molecule has 5 heteroatoms. The standard InChI is InChI=1S/C17H17ClO4/c1-20-17-11-13(12-19)3-8-16(17)22-10-2-9-21-15-6-4-14(18)5-7-15/h3-8,11-12H,2,9-10H2,1H3. The Morgan fingerprint density at radius 3 is 2.41 bits per heavy atom. The van der Waals surface area contributed by atoms with Crippen molar-refractivity contribution in [3.05, 3.63) is 53.1 Å². The molecule has 0 aliphatic heterocycles. The van der Waals surface area contributed by atoms with Crippen LogP contribution in [0, 0.1) is 0 Å². The molecule has 116 valence electrons. The predicted octanol–water partition coefficient (Wildman–Crippen LogP) is 4.01. The minimum atomic E-state index is 0.490. The van der Waals surface area contributed by atoms with Gasteiger partial charge in [-0.05, 0) is 42.5 Å². The molecule has 0 bridgehead atoms. The van der Waals surface area contributed by atoms with Gasteiger partial charge in [0.15, 0.2) is 11.5 Å². The Bertz CT molecular complexity index is 611. The maximum absolute atomic E-state index is 10.7. The van der Waals surface area contributed by atoms with Gasteiger partial charge in [0.1, 0.15) is 12.0 Å². The van der Waals surface area contributed by atoms with Gasteiger partial charge >= 0.3 is 0 Å². The lowest BCUT2D eigenvalue weighted by Crippen LogP contribution is -2.05. The van der Waals surface area contributed by atoms with Gasteiger partial charge in [-0.2, -0.15) is 0 Å². The van der Waals surface area contributed by atoms with E-state index in [0.29, 0.717) is 35.3 Å². The first kappa shape index (κ1) is 16.2. The highest BCUT2D eigenvalue weighted by Gasteiger charge is 2.05. The molecule has 22 heavy (non-hydrogen) atoms. The van der Waals surface area contributed by atoms with Gasteiger partial charge in [-0.25, -0.2) is 0 Å². The van der Waals surface area contributed by atoms with Gasteiger partial charge in [-0.15, -0.1) is 0 Å². The van der Waals surface area contributed by atoms with Gasteiger partial charge in [0.2, 0.25) is 0 Å². The summed E-state index contributed by atoms with van der Waals surface area (Å²) in [5.41, 5.74) is 0.551. The molecular weight excluding hydrogens is 304 g/mol. The minimum Gasteiger partial charge on any atom is -0.493 e. The molecule has 2 aromatic carbocycles. The van der Waals surface area contributed by atoms with Crippen molar-refractivity contribution < 1.29 is 19.0 Å². The molecule has 0 saturated heterocycles. The number of benzene rings is 2. The molecule has 2 aromatic rings. The average molecular weight is 321 g/mol. The van der Waals surface area contributed by atoms with E-state index < -0.39 is 0 Å². The molecule has 0 aromatic heterocycles. The minimum absolute atomic E-state index is 0.490. The highest BCUT2D eigenvalue weighted by atomic mass is 35.5. The number of carbonyl (C=O) groups excluding carboxylic acids is 1. The summed E-state index contributed by atoms with van der Waals surface area (Å²) >= 11 is 5.80. The molecule has 0 amide bonds. The van der Waals surface area contributed by atoms with Crippen LogP contribution in [-0.2, 0) is 0 Å². The van der Waals surface area contributed by atoms with E-state index in [-0.39, 0.29) is 0 Å². The van der Waals surface area contributed by atoms with Gasteiger partial charge in [-0.3, -0.25) is 4.79 Å². The third-order valence-electron chi connectivity index (χ3n) is 2.95. The zero-order valence-electron chi connectivity index (χ0n) is 12.3. The predicted molar refractivity (Wildman–Crippen MR) is 85.4 cm³/mol. The summed E-state index contributed by atoms with van der Waals surface area (Å²) in [7, 11) is 1.54. The topological polar surface area (TPSA) is 44.8 Å². The fourth-order valence-corrected chi connectivity index (χ4v) is 1.96. The van der Waals surface area contributed by atoms with Crippen LogP contribution in [-0.4, -0.2) is 26.6 Å².